The molecule has 7 heteroatoms. The van der Waals surface area contributed by atoms with Gasteiger partial charge in [-0.15, -0.1) is 0 Å². The summed E-state index contributed by atoms with van der Waals surface area (Å²) in [5, 5.41) is 0. The number of aldehydes is 1. The Labute approximate surface area is 76.7 Å². The summed E-state index contributed by atoms with van der Waals surface area (Å²) < 4.78 is 40.7. The molecule has 0 bridgehead atoms. The van der Waals surface area contributed by atoms with Crippen LogP contribution in [0.2, 0.25) is 0 Å². The summed E-state index contributed by atoms with van der Waals surface area (Å²) >= 11 is 0. The maximum Gasteiger partial charge on any atom is 0.435 e. The third-order valence-corrected chi connectivity index (χ3v) is 1.20. The number of nitrogens with zero attached hydrogens (tertiary/aromatic N) is 2. The Bertz CT molecular complexity index is 327. The molecule has 0 amide bonds. The average molecular weight is 206 g/mol. The van der Waals surface area contributed by atoms with Gasteiger partial charge in [0.1, 0.15) is 6.61 Å². The van der Waals surface area contributed by atoms with Crippen molar-refractivity contribution in [3.63, 3.8) is 0 Å². The average Bonchev–Trinajstić information content (AvgIpc) is 2.14. The molecule has 0 N–H and O–H groups in total. The van der Waals surface area contributed by atoms with E-state index in [-0.39, 0.29) is 12.5 Å². The lowest BCUT2D eigenvalue weighted by atomic mass is 10.4. The molecule has 1 aromatic rings. The lowest BCUT2D eigenvalue weighted by Crippen LogP contribution is -2.10. The second kappa shape index (κ2) is 4.03. The Balaban J connectivity index is 2.84. The van der Waals surface area contributed by atoms with Crippen molar-refractivity contribution in [3.05, 3.63) is 18.1 Å². The number of halogens is 3. The van der Waals surface area contributed by atoms with Crippen LogP contribution in [0.5, 0.6) is 5.88 Å². The van der Waals surface area contributed by atoms with Crippen molar-refractivity contribution in [3.8, 4) is 5.88 Å². The number of alkyl halides is 3. The Hall–Kier alpha value is -1.66. The highest BCUT2D eigenvalue weighted by atomic mass is 19.4. The lowest BCUT2D eigenvalue weighted by Gasteiger charge is -2.06. The van der Waals surface area contributed by atoms with E-state index in [4.69, 9.17) is 0 Å². The fraction of sp³-hybridized carbons (Fsp3) is 0.286. The van der Waals surface area contributed by atoms with E-state index in [0.29, 0.717) is 12.5 Å². The standard InChI is InChI=1S/C7H5F3N2O2/c8-7(9,10)5-3-11-4-6(12-5)14-2-1-13/h1,3-4H,2H2. The van der Waals surface area contributed by atoms with Crippen molar-refractivity contribution in [1.82, 2.24) is 9.97 Å². The van der Waals surface area contributed by atoms with Crippen molar-refractivity contribution >= 4 is 6.29 Å². The van der Waals surface area contributed by atoms with Crippen molar-refractivity contribution in [1.29, 1.82) is 0 Å². The molecule has 0 aliphatic carbocycles. The quantitative estimate of drug-likeness (QED) is 0.694. The topological polar surface area (TPSA) is 52.1 Å². The van der Waals surface area contributed by atoms with E-state index in [2.05, 4.69) is 14.7 Å². The van der Waals surface area contributed by atoms with Crippen molar-refractivity contribution < 1.29 is 22.7 Å². The smallest absolute Gasteiger partial charge is 0.435 e. The van der Waals surface area contributed by atoms with Crippen LogP contribution in [0.15, 0.2) is 12.4 Å². The Morgan fingerprint density at radius 2 is 2.14 bits per heavy atom. The van der Waals surface area contributed by atoms with Crippen molar-refractivity contribution in [2.45, 2.75) is 6.18 Å². The van der Waals surface area contributed by atoms with Gasteiger partial charge in [0, 0.05) is 0 Å². The molecule has 0 aliphatic rings. The van der Waals surface area contributed by atoms with E-state index in [9.17, 15) is 18.0 Å². The fourth-order valence-corrected chi connectivity index (χ4v) is 0.674. The van der Waals surface area contributed by atoms with Gasteiger partial charge in [0.15, 0.2) is 12.0 Å². The number of hydrogen-bond donors (Lipinski definition) is 0. The molecular formula is C7H5F3N2O2. The van der Waals surface area contributed by atoms with Gasteiger partial charge in [-0.05, 0) is 0 Å². The van der Waals surface area contributed by atoms with Gasteiger partial charge in [-0.1, -0.05) is 0 Å². The van der Waals surface area contributed by atoms with Crippen LogP contribution in [-0.2, 0) is 11.0 Å². The van der Waals surface area contributed by atoms with Crippen LogP contribution < -0.4 is 4.74 Å². The number of carbonyl (C=O) groups is 1. The van der Waals surface area contributed by atoms with Gasteiger partial charge < -0.3 is 4.74 Å². The summed E-state index contributed by atoms with van der Waals surface area (Å²) in [6.45, 7) is -0.351. The second-order valence-electron chi connectivity index (χ2n) is 2.22. The SMILES string of the molecule is O=CCOc1cncc(C(F)(F)F)n1. The molecule has 0 atom stereocenters. The first-order valence-electron chi connectivity index (χ1n) is 3.49. The summed E-state index contributed by atoms with van der Waals surface area (Å²) in [5.74, 6) is -0.327. The minimum absolute atomic E-state index is 0.327. The van der Waals surface area contributed by atoms with Gasteiger partial charge in [0.05, 0.1) is 12.4 Å². The molecule has 0 radical (unpaired) electrons. The molecule has 0 aromatic carbocycles. The zero-order valence-electron chi connectivity index (χ0n) is 6.78. The van der Waals surface area contributed by atoms with Gasteiger partial charge in [0.25, 0.3) is 0 Å². The minimum atomic E-state index is -4.56. The molecule has 0 spiro atoms. The third kappa shape index (κ3) is 2.68. The van der Waals surface area contributed by atoms with Gasteiger partial charge in [0.2, 0.25) is 5.88 Å². The second-order valence-corrected chi connectivity index (χ2v) is 2.22. The van der Waals surface area contributed by atoms with Gasteiger partial charge in [-0.25, -0.2) is 4.98 Å². The van der Waals surface area contributed by atoms with Crippen LogP contribution in [0, 0.1) is 0 Å². The number of carbonyl (C=O) groups excluding carboxylic acids is 1. The van der Waals surface area contributed by atoms with E-state index >= 15 is 0 Å². The highest BCUT2D eigenvalue weighted by Crippen LogP contribution is 2.27. The summed E-state index contributed by atoms with van der Waals surface area (Å²) in [5.41, 5.74) is -1.15. The molecule has 14 heavy (non-hydrogen) atoms. The fourth-order valence-electron chi connectivity index (χ4n) is 0.674. The molecule has 0 saturated carbocycles. The molecule has 0 fully saturated rings. The number of ether oxygens (including phenoxy) is 1. The van der Waals surface area contributed by atoms with E-state index in [1.54, 1.807) is 0 Å². The highest BCUT2D eigenvalue weighted by molar-refractivity contribution is 5.51. The van der Waals surface area contributed by atoms with Crippen LogP contribution >= 0.6 is 0 Å². The Kier molecular flexibility index (Phi) is 3.00. The molecule has 4 nitrogen and oxygen atoms in total. The van der Waals surface area contributed by atoms with Gasteiger partial charge in [-0.3, -0.25) is 9.78 Å². The zero-order chi connectivity index (χ0) is 10.6. The number of aromatic nitrogens is 2. The summed E-state index contributed by atoms with van der Waals surface area (Å²) in [4.78, 5) is 16.3. The van der Waals surface area contributed by atoms with Crippen LogP contribution in [0.25, 0.3) is 0 Å². The molecule has 1 rings (SSSR count). The molecule has 1 aromatic heterocycles. The number of rotatable bonds is 3. The van der Waals surface area contributed by atoms with Crippen molar-refractivity contribution in [2.24, 2.45) is 0 Å². The lowest BCUT2D eigenvalue weighted by molar-refractivity contribution is -0.141. The van der Waals surface area contributed by atoms with Crippen LogP contribution in [0.3, 0.4) is 0 Å². The minimum Gasteiger partial charge on any atom is -0.469 e. The first-order valence-corrected chi connectivity index (χ1v) is 3.49. The third-order valence-electron chi connectivity index (χ3n) is 1.20. The Morgan fingerprint density at radius 1 is 1.43 bits per heavy atom. The molecule has 0 aliphatic heterocycles. The van der Waals surface area contributed by atoms with Crippen molar-refractivity contribution in [2.75, 3.05) is 6.61 Å². The number of hydrogen-bond acceptors (Lipinski definition) is 4. The zero-order valence-corrected chi connectivity index (χ0v) is 6.78. The molecule has 1 heterocycles. The normalized spacial score (nSPS) is 11.1. The molecular weight excluding hydrogens is 201 g/mol. The molecule has 0 saturated heterocycles. The molecule has 0 unspecified atom stereocenters. The summed E-state index contributed by atoms with van der Waals surface area (Å²) in [7, 11) is 0. The predicted octanol–water partition coefficient (Wildman–Crippen LogP) is 1.07. The van der Waals surface area contributed by atoms with Crippen LogP contribution in [0.4, 0.5) is 13.2 Å². The highest BCUT2D eigenvalue weighted by Gasteiger charge is 2.33. The van der Waals surface area contributed by atoms with E-state index in [0.717, 1.165) is 6.20 Å². The maximum absolute atomic E-state index is 12.1. The maximum atomic E-state index is 12.1. The molecule has 76 valence electrons. The monoisotopic (exact) mass is 206 g/mol. The first kappa shape index (κ1) is 10.4. The first-order chi connectivity index (χ1) is 6.54. The van der Waals surface area contributed by atoms with Crippen LogP contribution in [0.1, 0.15) is 5.69 Å². The largest absolute Gasteiger partial charge is 0.469 e. The Morgan fingerprint density at radius 3 is 2.71 bits per heavy atom. The van der Waals surface area contributed by atoms with Gasteiger partial charge in [-0.2, -0.15) is 13.2 Å². The predicted molar refractivity (Wildman–Crippen MR) is 38.6 cm³/mol. The summed E-state index contributed by atoms with van der Waals surface area (Å²) in [6, 6.07) is 0. The van der Waals surface area contributed by atoms with E-state index in [1.807, 2.05) is 0 Å². The summed E-state index contributed by atoms with van der Waals surface area (Å²) in [6.07, 6.45) is -2.58. The van der Waals surface area contributed by atoms with Gasteiger partial charge >= 0.3 is 6.18 Å². The van der Waals surface area contributed by atoms with E-state index < -0.39 is 11.9 Å². The van der Waals surface area contributed by atoms with E-state index in [1.165, 1.54) is 0 Å². The van der Waals surface area contributed by atoms with Crippen LogP contribution in [-0.4, -0.2) is 22.9 Å².